The van der Waals surface area contributed by atoms with Gasteiger partial charge in [-0.25, -0.2) is 4.39 Å². The lowest BCUT2D eigenvalue weighted by Gasteiger charge is -2.10. The summed E-state index contributed by atoms with van der Waals surface area (Å²) < 4.78 is 13.5. The normalized spacial score (nSPS) is 10.2. The molecule has 3 nitrogen and oxygen atoms in total. The number of anilines is 1. The molecule has 0 heterocycles. The smallest absolute Gasteiger partial charge is 0.251 e. The number of rotatable bonds is 5. The van der Waals surface area contributed by atoms with Crippen LogP contribution in [0.2, 0.25) is 0 Å². The lowest BCUT2D eigenvalue weighted by Crippen LogP contribution is -2.24. The van der Waals surface area contributed by atoms with Gasteiger partial charge in [0.25, 0.3) is 5.91 Å². The number of halogens is 1. The maximum Gasteiger partial charge on any atom is 0.251 e. The summed E-state index contributed by atoms with van der Waals surface area (Å²) in [6.45, 7) is 4.92. The predicted molar refractivity (Wildman–Crippen MR) is 82.9 cm³/mol. The van der Waals surface area contributed by atoms with Crippen LogP contribution in [0.3, 0.4) is 0 Å². The van der Waals surface area contributed by atoms with Gasteiger partial charge < -0.3 is 10.6 Å². The maximum atomic E-state index is 13.5. The number of amides is 1. The second-order valence-corrected chi connectivity index (χ2v) is 4.83. The van der Waals surface area contributed by atoms with Gasteiger partial charge in [0, 0.05) is 29.9 Å². The van der Waals surface area contributed by atoms with Crippen molar-refractivity contribution in [2.24, 2.45) is 0 Å². The van der Waals surface area contributed by atoms with Crippen LogP contribution >= 0.6 is 0 Å². The molecule has 0 unspecified atom stereocenters. The quantitative estimate of drug-likeness (QED) is 0.883. The Morgan fingerprint density at radius 1 is 1.19 bits per heavy atom. The lowest BCUT2D eigenvalue weighted by molar-refractivity contribution is 0.0950. The Balaban J connectivity index is 2.05. The summed E-state index contributed by atoms with van der Waals surface area (Å²) in [7, 11) is 0. The van der Waals surface area contributed by atoms with Crippen LogP contribution in [-0.2, 0) is 6.54 Å². The molecule has 0 bridgehead atoms. The zero-order valence-corrected chi connectivity index (χ0v) is 12.2. The largest absolute Gasteiger partial charge is 0.385 e. The topological polar surface area (TPSA) is 41.1 Å². The zero-order chi connectivity index (χ0) is 15.2. The summed E-state index contributed by atoms with van der Waals surface area (Å²) in [6.07, 6.45) is 0. The van der Waals surface area contributed by atoms with Crippen molar-refractivity contribution >= 4 is 11.6 Å². The van der Waals surface area contributed by atoms with E-state index in [0.717, 1.165) is 17.8 Å². The van der Waals surface area contributed by atoms with E-state index in [2.05, 4.69) is 10.6 Å². The molecule has 110 valence electrons. The first kappa shape index (κ1) is 15.0. The minimum Gasteiger partial charge on any atom is -0.385 e. The Hall–Kier alpha value is -2.36. The molecule has 0 saturated carbocycles. The number of hydrogen-bond acceptors (Lipinski definition) is 2. The molecule has 0 aliphatic rings. The molecular weight excluding hydrogens is 267 g/mol. The van der Waals surface area contributed by atoms with E-state index < -0.39 is 0 Å². The number of carbonyl (C=O) groups excluding carboxylic acids is 1. The summed E-state index contributed by atoms with van der Waals surface area (Å²) in [6, 6.07) is 12.0. The highest BCUT2D eigenvalue weighted by atomic mass is 19.1. The highest BCUT2D eigenvalue weighted by molar-refractivity contribution is 5.96. The fraction of sp³-hybridized carbons (Fsp3) is 0.235. The number of carbonyl (C=O) groups is 1. The van der Waals surface area contributed by atoms with Crippen LogP contribution in [0.4, 0.5) is 10.1 Å². The highest BCUT2D eigenvalue weighted by Crippen LogP contribution is 2.15. The van der Waals surface area contributed by atoms with Crippen molar-refractivity contribution in [2.45, 2.75) is 20.4 Å². The van der Waals surface area contributed by atoms with Crippen molar-refractivity contribution in [1.82, 2.24) is 5.32 Å². The molecule has 4 heteroatoms. The van der Waals surface area contributed by atoms with E-state index in [1.165, 1.54) is 6.07 Å². The Labute approximate surface area is 124 Å². The van der Waals surface area contributed by atoms with Gasteiger partial charge in [-0.05, 0) is 43.7 Å². The van der Waals surface area contributed by atoms with Crippen LogP contribution in [0.5, 0.6) is 0 Å². The second kappa shape index (κ2) is 6.88. The summed E-state index contributed by atoms with van der Waals surface area (Å²) in [5.41, 5.74) is 2.96. The molecule has 0 fully saturated rings. The average molecular weight is 286 g/mol. The molecule has 2 aromatic carbocycles. The van der Waals surface area contributed by atoms with Crippen molar-refractivity contribution in [3.8, 4) is 0 Å². The van der Waals surface area contributed by atoms with Gasteiger partial charge in [-0.15, -0.1) is 0 Å². The fourth-order valence-corrected chi connectivity index (χ4v) is 2.15. The van der Waals surface area contributed by atoms with E-state index in [4.69, 9.17) is 0 Å². The monoisotopic (exact) mass is 286 g/mol. The number of hydrogen-bond donors (Lipinski definition) is 2. The van der Waals surface area contributed by atoms with Gasteiger partial charge in [0.15, 0.2) is 0 Å². The van der Waals surface area contributed by atoms with Gasteiger partial charge in [-0.2, -0.15) is 0 Å². The molecule has 2 N–H and O–H groups in total. The van der Waals surface area contributed by atoms with Crippen LogP contribution in [0.15, 0.2) is 42.5 Å². The van der Waals surface area contributed by atoms with Crippen molar-refractivity contribution < 1.29 is 9.18 Å². The molecule has 0 aliphatic carbocycles. The Morgan fingerprint density at radius 2 is 1.95 bits per heavy atom. The summed E-state index contributed by atoms with van der Waals surface area (Å²) in [4.78, 5) is 12.2. The Kier molecular flexibility index (Phi) is 4.93. The van der Waals surface area contributed by atoms with Gasteiger partial charge in [0.2, 0.25) is 0 Å². The van der Waals surface area contributed by atoms with Crippen molar-refractivity contribution in [3.05, 3.63) is 65.0 Å². The van der Waals surface area contributed by atoms with Gasteiger partial charge in [-0.3, -0.25) is 4.79 Å². The highest BCUT2D eigenvalue weighted by Gasteiger charge is 2.10. The SMILES string of the molecule is CCNc1ccc(C(=O)NCc2ccccc2F)c(C)c1. The van der Waals surface area contributed by atoms with E-state index in [1.807, 2.05) is 26.0 Å². The van der Waals surface area contributed by atoms with Crippen LogP contribution in [0.1, 0.15) is 28.4 Å². The maximum absolute atomic E-state index is 13.5. The fourth-order valence-electron chi connectivity index (χ4n) is 2.15. The van der Waals surface area contributed by atoms with E-state index in [-0.39, 0.29) is 18.3 Å². The summed E-state index contributed by atoms with van der Waals surface area (Å²) >= 11 is 0. The molecule has 21 heavy (non-hydrogen) atoms. The van der Waals surface area contributed by atoms with Crippen LogP contribution < -0.4 is 10.6 Å². The third-order valence-electron chi connectivity index (χ3n) is 3.25. The minimum absolute atomic E-state index is 0.180. The number of aryl methyl sites for hydroxylation is 1. The first-order valence-corrected chi connectivity index (χ1v) is 6.98. The van der Waals surface area contributed by atoms with E-state index in [0.29, 0.717) is 11.1 Å². The lowest BCUT2D eigenvalue weighted by atomic mass is 10.1. The molecular formula is C17H19FN2O. The second-order valence-electron chi connectivity index (χ2n) is 4.83. The standard InChI is InChI=1S/C17H19FN2O/c1-3-19-14-8-9-15(12(2)10-14)17(21)20-11-13-6-4-5-7-16(13)18/h4-10,19H,3,11H2,1-2H3,(H,20,21). The first-order chi connectivity index (χ1) is 10.1. The average Bonchev–Trinajstić information content (AvgIpc) is 2.46. The molecule has 0 saturated heterocycles. The third kappa shape index (κ3) is 3.81. The van der Waals surface area contributed by atoms with Crippen molar-refractivity contribution in [1.29, 1.82) is 0 Å². The molecule has 0 spiro atoms. The van der Waals surface area contributed by atoms with Crippen LogP contribution in [-0.4, -0.2) is 12.5 Å². The number of nitrogens with one attached hydrogen (secondary N) is 2. The zero-order valence-electron chi connectivity index (χ0n) is 12.2. The molecule has 0 aromatic heterocycles. The Morgan fingerprint density at radius 3 is 2.62 bits per heavy atom. The van der Waals surface area contributed by atoms with Crippen LogP contribution in [0, 0.1) is 12.7 Å². The van der Waals surface area contributed by atoms with E-state index >= 15 is 0 Å². The van der Waals surface area contributed by atoms with Gasteiger partial charge >= 0.3 is 0 Å². The van der Waals surface area contributed by atoms with Gasteiger partial charge in [-0.1, -0.05) is 18.2 Å². The summed E-state index contributed by atoms with van der Waals surface area (Å²) in [5.74, 6) is -0.504. The van der Waals surface area contributed by atoms with Gasteiger partial charge in [0.05, 0.1) is 0 Å². The summed E-state index contributed by atoms with van der Waals surface area (Å²) in [5, 5.41) is 5.95. The third-order valence-corrected chi connectivity index (χ3v) is 3.25. The Bertz CT molecular complexity index is 640. The molecule has 2 rings (SSSR count). The molecule has 0 atom stereocenters. The van der Waals surface area contributed by atoms with E-state index in [1.54, 1.807) is 24.3 Å². The van der Waals surface area contributed by atoms with Crippen molar-refractivity contribution in [3.63, 3.8) is 0 Å². The van der Waals surface area contributed by atoms with Crippen LogP contribution in [0.25, 0.3) is 0 Å². The molecule has 0 radical (unpaired) electrons. The molecule has 0 aliphatic heterocycles. The van der Waals surface area contributed by atoms with Gasteiger partial charge in [0.1, 0.15) is 5.82 Å². The molecule has 2 aromatic rings. The number of benzene rings is 2. The first-order valence-electron chi connectivity index (χ1n) is 6.98. The predicted octanol–water partition coefficient (Wildman–Crippen LogP) is 3.50. The minimum atomic E-state index is -0.308. The van der Waals surface area contributed by atoms with Crippen molar-refractivity contribution in [2.75, 3.05) is 11.9 Å². The van der Waals surface area contributed by atoms with E-state index in [9.17, 15) is 9.18 Å². The molecule has 1 amide bonds.